The molecule has 8 heteroatoms. The van der Waals surface area contributed by atoms with Crippen LogP contribution in [0.25, 0.3) is 10.8 Å². The minimum atomic E-state index is -0.554. The zero-order valence-corrected chi connectivity index (χ0v) is 15.0. The van der Waals surface area contributed by atoms with E-state index in [1.54, 1.807) is 18.2 Å². The average molecular weight is 368 g/mol. The SMILES string of the molecule is CCCc1c([N+](=O)[O-])c(N2CCNCC2)c2cccc3c2c1C(=O)NC3=O. The van der Waals surface area contributed by atoms with Gasteiger partial charge in [-0.3, -0.25) is 25.0 Å². The van der Waals surface area contributed by atoms with Crippen LogP contribution in [0.2, 0.25) is 0 Å². The fraction of sp³-hybridized carbons (Fsp3) is 0.368. The molecule has 140 valence electrons. The molecule has 0 radical (unpaired) electrons. The van der Waals surface area contributed by atoms with Crippen molar-refractivity contribution in [3.8, 4) is 0 Å². The van der Waals surface area contributed by atoms with Crippen molar-refractivity contribution < 1.29 is 14.5 Å². The summed E-state index contributed by atoms with van der Waals surface area (Å²) < 4.78 is 0. The summed E-state index contributed by atoms with van der Waals surface area (Å²) in [6, 6.07) is 5.15. The molecular formula is C19H20N4O4. The van der Waals surface area contributed by atoms with Gasteiger partial charge in [-0.15, -0.1) is 0 Å². The number of imide groups is 1. The molecule has 0 saturated carbocycles. The Morgan fingerprint density at radius 1 is 1.19 bits per heavy atom. The van der Waals surface area contributed by atoms with Crippen LogP contribution in [0.1, 0.15) is 39.6 Å². The number of hydrogen-bond acceptors (Lipinski definition) is 6. The normalized spacial score (nSPS) is 16.6. The predicted octanol–water partition coefficient (Wildman–Crippen LogP) is 1.99. The van der Waals surface area contributed by atoms with Crippen LogP contribution in [0.15, 0.2) is 18.2 Å². The molecule has 0 aromatic heterocycles. The number of nitrogens with zero attached hydrogens (tertiary/aromatic N) is 2. The molecule has 8 nitrogen and oxygen atoms in total. The predicted molar refractivity (Wildman–Crippen MR) is 101 cm³/mol. The van der Waals surface area contributed by atoms with Gasteiger partial charge in [-0.25, -0.2) is 0 Å². The van der Waals surface area contributed by atoms with E-state index in [0.717, 1.165) is 13.1 Å². The number of carbonyl (C=O) groups is 2. The van der Waals surface area contributed by atoms with E-state index in [9.17, 15) is 19.7 Å². The Balaban J connectivity index is 2.17. The van der Waals surface area contributed by atoms with Crippen LogP contribution in [0.5, 0.6) is 0 Å². The molecule has 2 aliphatic rings. The topological polar surface area (TPSA) is 105 Å². The van der Waals surface area contributed by atoms with Gasteiger partial charge in [0.25, 0.3) is 17.5 Å². The lowest BCUT2D eigenvalue weighted by Crippen LogP contribution is -2.44. The summed E-state index contributed by atoms with van der Waals surface area (Å²) in [5, 5.41) is 18.8. The second-order valence-corrected chi connectivity index (χ2v) is 6.81. The zero-order valence-electron chi connectivity index (χ0n) is 15.0. The summed E-state index contributed by atoms with van der Waals surface area (Å²) in [4.78, 5) is 38.8. The van der Waals surface area contributed by atoms with Gasteiger partial charge < -0.3 is 10.2 Å². The number of benzene rings is 2. The van der Waals surface area contributed by atoms with Crippen LogP contribution in [0.3, 0.4) is 0 Å². The zero-order chi connectivity index (χ0) is 19.1. The third-order valence-electron chi connectivity index (χ3n) is 5.20. The monoisotopic (exact) mass is 368 g/mol. The maximum absolute atomic E-state index is 12.7. The van der Waals surface area contributed by atoms with Crippen molar-refractivity contribution >= 4 is 34.0 Å². The van der Waals surface area contributed by atoms with Crippen molar-refractivity contribution in [1.29, 1.82) is 0 Å². The molecular weight excluding hydrogens is 348 g/mol. The van der Waals surface area contributed by atoms with E-state index in [2.05, 4.69) is 10.6 Å². The molecule has 0 bridgehead atoms. The van der Waals surface area contributed by atoms with Crippen molar-refractivity contribution in [2.24, 2.45) is 0 Å². The average Bonchev–Trinajstić information content (AvgIpc) is 2.66. The Morgan fingerprint density at radius 2 is 1.93 bits per heavy atom. The summed E-state index contributed by atoms with van der Waals surface area (Å²) in [5.74, 6) is -1.01. The summed E-state index contributed by atoms with van der Waals surface area (Å²) in [6.45, 7) is 4.63. The Bertz CT molecular complexity index is 980. The number of carbonyl (C=O) groups excluding carboxylic acids is 2. The minimum Gasteiger partial charge on any atom is -0.363 e. The van der Waals surface area contributed by atoms with Crippen LogP contribution in [0, 0.1) is 10.1 Å². The second kappa shape index (κ2) is 6.62. The van der Waals surface area contributed by atoms with Gasteiger partial charge >= 0.3 is 0 Å². The lowest BCUT2D eigenvalue weighted by Gasteiger charge is -2.32. The standard InChI is InChI=1S/C19H20N4O4/c1-2-4-11-15-14-12(5-3-6-13(14)18(24)21-19(15)25)16(17(11)23(26)27)22-9-7-20-8-10-22/h3,5-6,20H,2,4,7-10H2,1H3,(H,21,24,25). The van der Waals surface area contributed by atoms with E-state index in [1.165, 1.54) is 0 Å². The Morgan fingerprint density at radius 3 is 2.59 bits per heavy atom. The number of nitro benzene ring substituents is 1. The molecule has 0 spiro atoms. The van der Waals surface area contributed by atoms with E-state index in [-0.39, 0.29) is 16.2 Å². The highest BCUT2D eigenvalue weighted by Crippen LogP contribution is 2.44. The molecule has 0 unspecified atom stereocenters. The largest absolute Gasteiger partial charge is 0.363 e. The Hall–Kier alpha value is -3.00. The van der Waals surface area contributed by atoms with Gasteiger partial charge in [0.05, 0.1) is 10.5 Å². The second-order valence-electron chi connectivity index (χ2n) is 6.81. The van der Waals surface area contributed by atoms with E-state index in [1.807, 2.05) is 11.8 Å². The van der Waals surface area contributed by atoms with Crippen molar-refractivity contribution in [3.63, 3.8) is 0 Å². The maximum Gasteiger partial charge on any atom is 0.297 e. The molecule has 2 aromatic rings. The minimum absolute atomic E-state index is 0.0112. The van der Waals surface area contributed by atoms with E-state index in [0.29, 0.717) is 53.5 Å². The molecule has 0 aliphatic carbocycles. The van der Waals surface area contributed by atoms with Gasteiger partial charge in [0.2, 0.25) is 0 Å². The number of piperazine rings is 1. The van der Waals surface area contributed by atoms with Crippen molar-refractivity contribution in [2.75, 3.05) is 31.1 Å². The van der Waals surface area contributed by atoms with E-state index in [4.69, 9.17) is 0 Å². The summed E-state index contributed by atoms with van der Waals surface area (Å²) in [6.07, 6.45) is 1.06. The smallest absolute Gasteiger partial charge is 0.297 e. The third-order valence-corrected chi connectivity index (χ3v) is 5.20. The van der Waals surface area contributed by atoms with Crippen LogP contribution >= 0.6 is 0 Å². The molecule has 1 fully saturated rings. The fourth-order valence-corrected chi connectivity index (χ4v) is 4.13. The first-order valence-corrected chi connectivity index (χ1v) is 9.11. The van der Waals surface area contributed by atoms with Crippen molar-refractivity contribution in [2.45, 2.75) is 19.8 Å². The number of hydrogen-bond donors (Lipinski definition) is 2. The molecule has 27 heavy (non-hydrogen) atoms. The summed E-state index contributed by atoms with van der Waals surface area (Å²) >= 11 is 0. The molecule has 0 atom stereocenters. The van der Waals surface area contributed by atoms with Crippen LogP contribution in [-0.2, 0) is 6.42 Å². The van der Waals surface area contributed by atoms with Crippen LogP contribution in [0.4, 0.5) is 11.4 Å². The molecule has 2 N–H and O–H groups in total. The number of rotatable bonds is 4. The van der Waals surface area contributed by atoms with Gasteiger partial charge in [-0.1, -0.05) is 25.5 Å². The number of amides is 2. The van der Waals surface area contributed by atoms with Gasteiger partial charge in [-0.05, 0) is 12.5 Å². The molecule has 2 heterocycles. The highest BCUT2D eigenvalue weighted by atomic mass is 16.6. The number of nitro groups is 1. The molecule has 2 amide bonds. The lowest BCUT2D eigenvalue weighted by atomic mass is 9.87. The van der Waals surface area contributed by atoms with Crippen LogP contribution < -0.4 is 15.5 Å². The fourth-order valence-electron chi connectivity index (χ4n) is 4.13. The molecule has 2 aromatic carbocycles. The summed E-state index contributed by atoms with van der Waals surface area (Å²) in [5.41, 5.74) is 1.59. The lowest BCUT2D eigenvalue weighted by molar-refractivity contribution is -0.384. The quantitative estimate of drug-likeness (QED) is 0.486. The Kier molecular flexibility index (Phi) is 4.27. The van der Waals surface area contributed by atoms with Crippen LogP contribution in [-0.4, -0.2) is 42.9 Å². The maximum atomic E-state index is 12.7. The van der Waals surface area contributed by atoms with Crippen molar-refractivity contribution in [1.82, 2.24) is 10.6 Å². The van der Waals surface area contributed by atoms with E-state index >= 15 is 0 Å². The highest BCUT2D eigenvalue weighted by molar-refractivity contribution is 6.28. The van der Waals surface area contributed by atoms with Gasteiger partial charge in [0.15, 0.2) is 0 Å². The molecule has 4 rings (SSSR count). The van der Waals surface area contributed by atoms with E-state index < -0.39 is 11.8 Å². The molecule has 1 saturated heterocycles. The Labute approximate surface area is 155 Å². The van der Waals surface area contributed by atoms with Crippen molar-refractivity contribution in [3.05, 3.63) is 45.0 Å². The number of nitrogens with one attached hydrogen (secondary N) is 2. The third kappa shape index (κ3) is 2.64. The van der Waals surface area contributed by atoms with Gasteiger partial charge in [0, 0.05) is 48.1 Å². The first-order valence-electron chi connectivity index (χ1n) is 9.11. The summed E-state index contributed by atoms with van der Waals surface area (Å²) in [7, 11) is 0. The molecule has 2 aliphatic heterocycles. The highest BCUT2D eigenvalue weighted by Gasteiger charge is 2.36. The first-order chi connectivity index (χ1) is 13.0. The first kappa shape index (κ1) is 17.4. The van der Waals surface area contributed by atoms with Gasteiger partial charge in [0.1, 0.15) is 5.69 Å². The van der Waals surface area contributed by atoms with Gasteiger partial charge in [-0.2, -0.15) is 0 Å². The number of anilines is 1.